The molecule has 130 valence electrons. The molecule has 3 aromatic rings. The summed E-state index contributed by atoms with van der Waals surface area (Å²) in [5, 5.41) is 4.73. The van der Waals surface area contributed by atoms with E-state index in [-0.39, 0.29) is 5.91 Å². The Morgan fingerprint density at radius 2 is 1.88 bits per heavy atom. The van der Waals surface area contributed by atoms with E-state index < -0.39 is 0 Å². The number of nitrogens with zero attached hydrogens (tertiary/aromatic N) is 1. The summed E-state index contributed by atoms with van der Waals surface area (Å²) >= 11 is 6.06. The molecule has 0 unspecified atom stereocenters. The fourth-order valence-electron chi connectivity index (χ4n) is 2.72. The van der Waals surface area contributed by atoms with Gasteiger partial charge in [0.25, 0.3) is 5.91 Å². The standard InChI is InChI=1S/C19H19ClN2O3/c1-24-17-6-4-14(11-18(17)25-2)19(23)21-8-10-22-9-7-13-3-5-15(20)12-16(13)22/h3-7,9,11-12H,8,10H2,1-2H3,(H,21,23). The number of benzene rings is 2. The second kappa shape index (κ2) is 7.49. The number of fused-ring (bicyclic) bond motifs is 1. The van der Waals surface area contributed by atoms with Gasteiger partial charge in [0, 0.05) is 35.4 Å². The van der Waals surface area contributed by atoms with Gasteiger partial charge in [-0.15, -0.1) is 0 Å². The molecule has 2 aromatic carbocycles. The topological polar surface area (TPSA) is 52.5 Å². The van der Waals surface area contributed by atoms with E-state index in [1.54, 1.807) is 32.4 Å². The number of aromatic nitrogens is 1. The third kappa shape index (κ3) is 3.72. The second-order valence-electron chi connectivity index (χ2n) is 5.54. The largest absolute Gasteiger partial charge is 0.493 e. The van der Waals surface area contributed by atoms with Crippen molar-refractivity contribution in [3.8, 4) is 11.5 Å². The van der Waals surface area contributed by atoms with E-state index in [9.17, 15) is 4.79 Å². The van der Waals surface area contributed by atoms with Crippen LogP contribution in [-0.2, 0) is 6.54 Å². The fraction of sp³-hybridized carbons (Fsp3) is 0.211. The molecule has 0 aliphatic heterocycles. The summed E-state index contributed by atoms with van der Waals surface area (Å²) in [5.74, 6) is 0.964. The van der Waals surface area contributed by atoms with Gasteiger partial charge < -0.3 is 19.4 Å². The predicted molar refractivity (Wildman–Crippen MR) is 98.8 cm³/mol. The minimum Gasteiger partial charge on any atom is -0.493 e. The van der Waals surface area contributed by atoms with Crippen LogP contribution in [0.25, 0.3) is 10.9 Å². The van der Waals surface area contributed by atoms with Gasteiger partial charge in [-0.3, -0.25) is 4.79 Å². The van der Waals surface area contributed by atoms with Gasteiger partial charge in [-0.1, -0.05) is 17.7 Å². The zero-order valence-corrected chi connectivity index (χ0v) is 14.8. The molecule has 0 saturated carbocycles. The Balaban J connectivity index is 1.65. The van der Waals surface area contributed by atoms with E-state index in [1.807, 2.05) is 30.5 Å². The molecule has 3 rings (SSSR count). The van der Waals surface area contributed by atoms with E-state index in [1.165, 1.54) is 0 Å². The highest BCUT2D eigenvalue weighted by molar-refractivity contribution is 6.31. The van der Waals surface area contributed by atoms with Gasteiger partial charge in [-0.2, -0.15) is 0 Å². The SMILES string of the molecule is COc1ccc(C(=O)NCCn2ccc3ccc(Cl)cc32)cc1OC. The van der Waals surface area contributed by atoms with Crippen molar-refractivity contribution in [2.45, 2.75) is 6.54 Å². The number of halogens is 1. The molecular formula is C19H19ClN2O3. The molecule has 1 N–H and O–H groups in total. The van der Waals surface area contributed by atoms with Crippen molar-refractivity contribution in [2.24, 2.45) is 0 Å². The highest BCUT2D eigenvalue weighted by atomic mass is 35.5. The van der Waals surface area contributed by atoms with E-state index in [2.05, 4.69) is 9.88 Å². The van der Waals surface area contributed by atoms with Gasteiger partial charge in [-0.25, -0.2) is 0 Å². The lowest BCUT2D eigenvalue weighted by molar-refractivity contribution is 0.0952. The summed E-state index contributed by atoms with van der Waals surface area (Å²) in [6.45, 7) is 1.16. The predicted octanol–water partition coefficient (Wildman–Crippen LogP) is 3.74. The average Bonchev–Trinajstić information content (AvgIpc) is 3.03. The molecule has 0 fully saturated rings. The highest BCUT2D eigenvalue weighted by Crippen LogP contribution is 2.27. The van der Waals surface area contributed by atoms with Gasteiger partial charge in [-0.05, 0) is 41.8 Å². The van der Waals surface area contributed by atoms with Crippen LogP contribution in [-0.4, -0.2) is 31.2 Å². The van der Waals surface area contributed by atoms with Crippen molar-refractivity contribution in [2.75, 3.05) is 20.8 Å². The number of hydrogen-bond donors (Lipinski definition) is 1. The molecule has 1 aromatic heterocycles. The van der Waals surface area contributed by atoms with Crippen molar-refractivity contribution in [3.05, 3.63) is 59.2 Å². The second-order valence-corrected chi connectivity index (χ2v) is 5.97. The number of amides is 1. The van der Waals surface area contributed by atoms with Gasteiger partial charge in [0.2, 0.25) is 0 Å². The normalized spacial score (nSPS) is 10.7. The van der Waals surface area contributed by atoms with Crippen LogP contribution in [0.3, 0.4) is 0 Å². The van der Waals surface area contributed by atoms with Crippen molar-refractivity contribution in [1.82, 2.24) is 9.88 Å². The van der Waals surface area contributed by atoms with Gasteiger partial charge in [0.1, 0.15) is 0 Å². The fourth-order valence-corrected chi connectivity index (χ4v) is 2.89. The smallest absolute Gasteiger partial charge is 0.251 e. The highest BCUT2D eigenvalue weighted by Gasteiger charge is 2.10. The lowest BCUT2D eigenvalue weighted by Gasteiger charge is -2.11. The minimum absolute atomic E-state index is 0.157. The Bertz CT molecular complexity index is 905. The summed E-state index contributed by atoms with van der Waals surface area (Å²) < 4.78 is 12.5. The molecule has 0 aliphatic carbocycles. The summed E-state index contributed by atoms with van der Waals surface area (Å²) in [4.78, 5) is 12.3. The molecule has 0 aliphatic rings. The lowest BCUT2D eigenvalue weighted by atomic mass is 10.2. The van der Waals surface area contributed by atoms with Crippen molar-refractivity contribution in [3.63, 3.8) is 0 Å². The first kappa shape index (κ1) is 17.2. The van der Waals surface area contributed by atoms with Crippen LogP contribution in [0.2, 0.25) is 5.02 Å². The number of rotatable bonds is 6. The quantitative estimate of drug-likeness (QED) is 0.730. The Morgan fingerprint density at radius 1 is 1.08 bits per heavy atom. The third-order valence-corrected chi connectivity index (χ3v) is 4.26. The first-order valence-electron chi connectivity index (χ1n) is 7.87. The molecule has 25 heavy (non-hydrogen) atoms. The molecule has 0 atom stereocenters. The zero-order chi connectivity index (χ0) is 17.8. The Morgan fingerprint density at radius 3 is 2.64 bits per heavy atom. The monoisotopic (exact) mass is 358 g/mol. The summed E-state index contributed by atoms with van der Waals surface area (Å²) in [6, 6.07) is 12.9. The van der Waals surface area contributed by atoms with E-state index in [4.69, 9.17) is 21.1 Å². The van der Waals surface area contributed by atoms with Crippen LogP contribution in [0.4, 0.5) is 0 Å². The number of nitrogens with one attached hydrogen (secondary N) is 1. The number of ether oxygens (including phenoxy) is 2. The zero-order valence-electron chi connectivity index (χ0n) is 14.1. The Labute approximate surface area is 151 Å². The molecule has 0 bridgehead atoms. The van der Waals surface area contributed by atoms with E-state index in [0.29, 0.717) is 35.2 Å². The maximum atomic E-state index is 12.3. The lowest BCUT2D eigenvalue weighted by Crippen LogP contribution is -2.27. The van der Waals surface area contributed by atoms with Crippen molar-refractivity contribution in [1.29, 1.82) is 0 Å². The molecule has 1 heterocycles. The van der Waals surface area contributed by atoms with Crippen LogP contribution < -0.4 is 14.8 Å². The summed E-state index contributed by atoms with van der Waals surface area (Å²) in [5.41, 5.74) is 1.57. The van der Waals surface area contributed by atoms with Crippen LogP contribution in [0.5, 0.6) is 11.5 Å². The van der Waals surface area contributed by atoms with E-state index in [0.717, 1.165) is 10.9 Å². The number of hydrogen-bond acceptors (Lipinski definition) is 3. The summed E-state index contributed by atoms with van der Waals surface area (Å²) in [7, 11) is 3.10. The van der Waals surface area contributed by atoms with Crippen molar-refractivity contribution < 1.29 is 14.3 Å². The first-order valence-corrected chi connectivity index (χ1v) is 8.25. The molecule has 0 radical (unpaired) electrons. The molecule has 5 nitrogen and oxygen atoms in total. The van der Waals surface area contributed by atoms with Crippen LogP contribution in [0, 0.1) is 0 Å². The maximum absolute atomic E-state index is 12.3. The Hall–Kier alpha value is -2.66. The molecule has 0 saturated heterocycles. The van der Waals surface area contributed by atoms with E-state index >= 15 is 0 Å². The van der Waals surface area contributed by atoms with Gasteiger partial charge in [0.15, 0.2) is 11.5 Å². The molecule has 1 amide bonds. The first-order chi connectivity index (χ1) is 12.1. The number of methoxy groups -OCH3 is 2. The van der Waals surface area contributed by atoms with Crippen LogP contribution in [0.15, 0.2) is 48.7 Å². The van der Waals surface area contributed by atoms with Crippen LogP contribution >= 0.6 is 11.6 Å². The Kier molecular flexibility index (Phi) is 5.14. The van der Waals surface area contributed by atoms with Crippen molar-refractivity contribution >= 4 is 28.4 Å². The molecule has 6 heteroatoms. The molecule has 0 spiro atoms. The third-order valence-electron chi connectivity index (χ3n) is 4.02. The number of carbonyl (C=O) groups excluding carboxylic acids is 1. The minimum atomic E-state index is -0.157. The van der Waals surface area contributed by atoms with Crippen LogP contribution in [0.1, 0.15) is 10.4 Å². The maximum Gasteiger partial charge on any atom is 0.251 e. The van der Waals surface area contributed by atoms with Gasteiger partial charge in [0.05, 0.1) is 14.2 Å². The number of carbonyl (C=O) groups is 1. The van der Waals surface area contributed by atoms with Gasteiger partial charge >= 0.3 is 0 Å². The molecular weight excluding hydrogens is 340 g/mol. The summed E-state index contributed by atoms with van der Waals surface area (Å²) in [6.07, 6.45) is 1.99. The average molecular weight is 359 g/mol.